The predicted octanol–water partition coefficient (Wildman–Crippen LogP) is 2.70. The molecule has 0 unspecified atom stereocenters. The van der Waals surface area contributed by atoms with Crippen molar-refractivity contribution in [3.8, 4) is 0 Å². The Morgan fingerprint density at radius 1 is 1.23 bits per heavy atom. The summed E-state index contributed by atoms with van der Waals surface area (Å²) in [7, 11) is 1.66. The molecule has 1 rings (SSSR count). The van der Waals surface area contributed by atoms with Crippen LogP contribution in [0.5, 0.6) is 0 Å². The van der Waals surface area contributed by atoms with Gasteiger partial charge in [0.15, 0.2) is 0 Å². The van der Waals surface area contributed by atoms with Crippen molar-refractivity contribution in [3.63, 3.8) is 0 Å². The Bertz CT molecular complexity index is 265. The molecule has 0 saturated heterocycles. The van der Waals surface area contributed by atoms with Gasteiger partial charge in [0.1, 0.15) is 5.84 Å². The van der Waals surface area contributed by atoms with E-state index in [-0.39, 0.29) is 0 Å². The van der Waals surface area contributed by atoms with Crippen molar-refractivity contribution < 1.29 is 0 Å². The molecule has 3 heteroatoms. The van der Waals surface area contributed by atoms with E-state index in [9.17, 15) is 0 Å². The van der Waals surface area contributed by atoms with Crippen molar-refractivity contribution in [3.05, 3.63) is 34.9 Å². The third-order valence-electron chi connectivity index (χ3n) is 1.38. The van der Waals surface area contributed by atoms with Gasteiger partial charge in [-0.05, 0) is 24.3 Å². The van der Waals surface area contributed by atoms with Crippen molar-refractivity contribution in [1.29, 1.82) is 0 Å². The van der Waals surface area contributed by atoms with Crippen LogP contribution in [0.25, 0.3) is 0 Å². The van der Waals surface area contributed by atoms with Gasteiger partial charge < -0.3 is 5.73 Å². The fourth-order valence-corrected chi connectivity index (χ4v) is 0.876. The molecule has 72 valence electrons. The van der Waals surface area contributed by atoms with Crippen molar-refractivity contribution >= 4 is 17.4 Å². The number of halogens is 1. The van der Waals surface area contributed by atoms with Crippen LogP contribution in [0, 0.1) is 0 Å². The summed E-state index contributed by atoms with van der Waals surface area (Å²) >= 11 is 5.68. The van der Waals surface area contributed by atoms with Crippen molar-refractivity contribution in [2.45, 2.75) is 13.8 Å². The number of nitrogens with zero attached hydrogens (tertiary/aromatic N) is 1. The number of rotatable bonds is 1. The van der Waals surface area contributed by atoms with Gasteiger partial charge >= 0.3 is 0 Å². The van der Waals surface area contributed by atoms with E-state index < -0.39 is 0 Å². The number of amidine groups is 1. The van der Waals surface area contributed by atoms with E-state index >= 15 is 0 Å². The highest BCUT2D eigenvalue weighted by Gasteiger charge is 1.94. The van der Waals surface area contributed by atoms with Gasteiger partial charge in [0.05, 0.1) is 0 Å². The van der Waals surface area contributed by atoms with Gasteiger partial charge in [-0.2, -0.15) is 0 Å². The molecule has 2 nitrogen and oxygen atoms in total. The number of aliphatic imine (C=N–C) groups is 1. The van der Waals surface area contributed by atoms with Crippen LogP contribution in [-0.2, 0) is 0 Å². The van der Waals surface area contributed by atoms with Gasteiger partial charge in [0.25, 0.3) is 0 Å². The quantitative estimate of drug-likeness (QED) is 0.547. The minimum Gasteiger partial charge on any atom is -0.384 e. The van der Waals surface area contributed by atoms with Crippen LogP contribution in [-0.4, -0.2) is 12.9 Å². The summed E-state index contributed by atoms with van der Waals surface area (Å²) in [6, 6.07) is 7.25. The van der Waals surface area contributed by atoms with E-state index in [0.717, 1.165) is 5.56 Å². The van der Waals surface area contributed by atoms with Gasteiger partial charge in [-0.3, -0.25) is 4.99 Å². The summed E-state index contributed by atoms with van der Waals surface area (Å²) in [4.78, 5) is 3.84. The molecule has 0 aliphatic carbocycles. The number of benzene rings is 1. The summed E-state index contributed by atoms with van der Waals surface area (Å²) in [6.07, 6.45) is 0. The van der Waals surface area contributed by atoms with Crippen LogP contribution in [0.2, 0.25) is 5.02 Å². The van der Waals surface area contributed by atoms with Crippen LogP contribution in [0.3, 0.4) is 0 Å². The minimum absolute atomic E-state index is 0.529. The molecule has 0 aliphatic heterocycles. The molecule has 0 amide bonds. The molecular formula is C10H15ClN2. The van der Waals surface area contributed by atoms with Crippen LogP contribution < -0.4 is 5.73 Å². The summed E-state index contributed by atoms with van der Waals surface area (Å²) < 4.78 is 0. The van der Waals surface area contributed by atoms with E-state index in [2.05, 4.69) is 4.99 Å². The van der Waals surface area contributed by atoms with Crippen LogP contribution >= 0.6 is 11.6 Å². The molecule has 0 spiro atoms. The highest BCUT2D eigenvalue weighted by atomic mass is 35.5. The molecule has 2 N–H and O–H groups in total. The third-order valence-corrected chi connectivity index (χ3v) is 1.63. The molecule has 0 saturated carbocycles. The number of hydrogen-bond acceptors (Lipinski definition) is 1. The second kappa shape index (κ2) is 6.49. The molecule has 1 aromatic rings. The maximum atomic E-state index is 5.68. The van der Waals surface area contributed by atoms with Gasteiger partial charge in [-0.25, -0.2) is 0 Å². The SMILES string of the molecule is CC.CN=C(N)c1ccc(Cl)cc1. The first-order chi connectivity index (χ1) is 6.24. The van der Waals surface area contributed by atoms with E-state index in [0.29, 0.717) is 10.9 Å². The monoisotopic (exact) mass is 198 g/mol. The second-order valence-electron chi connectivity index (χ2n) is 2.12. The zero-order valence-electron chi connectivity index (χ0n) is 8.21. The molecule has 1 aromatic carbocycles. The first-order valence-corrected chi connectivity index (χ1v) is 4.60. The van der Waals surface area contributed by atoms with Crippen molar-refractivity contribution in [2.75, 3.05) is 7.05 Å². The molecule has 0 aliphatic rings. The van der Waals surface area contributed by atoms with Crippen molar-refractivity contribution in [1.82, 2.24) is 0 Å². The summed E-state index contributed by atoms with van der Waals surface area (Å²) in [5.41, 5.74) is 6.45. The Labute approximate surface area is 84.4 Å². The zero-order valence-corrected chi connectivity index (χ0v) is 8.97. The van der Waals surface area contributed by atoms with Gasteiger partial charge in [0.2, 0.25) is 0 Å². The molecule has 0 atom stereocenters. The molecule has 0 fully saturated rings. The zero-order chi connectivity index (χ0) is 10.3. The normalized spacial score (nSPS) is 10.3. The lowest BCUT2D eigenvalue weighted by Gasteiger charge is -1.97. The molecular weight excluding hydrogens is 184 g/mol. The maximum absolute atomic E-state index is 5.68. The fourth-order valence-electron chi connectivity index (χ4n) is 0.750. The van der Waals surface area contributed by atoms with E-state index in [4.69, 9.17) is 17.3 Å². The average Bonchev–Trinajstić information content (AvgIpc) is 2.21. The second-order valence-corrected chi connectivity index (χ2v) is 2.55. The summed E-state index contributed by atoms with van der Waals surface area (Å²) in [5.74, 6) is 0.529. The first-order valence-electron chi connectivity index (χ1n) is 4.22. The lowest BCUT2D eigenvalue weighted by atomic mass is 10.2. The lowest BCUT2D eigenvalue weighted by molar-refractivity contribution is 1.39. The minimum atomic E-state index is 0.529. The van der Waals surface area contributed by atoms with Gasteiger partial charge in [-0.1, -0.05) is 25.4 Å². The average molecular weight is 199 g/mol. The molecule has 0 bridgehead atoms. The lowest BCUT2D eigenvalue weighted by Crippen LogP contribution is -2.12. The Hall–Kier alpha value is -1.02. The first kappa shape index (κ1) is 12.0. The Morgan fingerprint density at radius 2 is 1.69 bits per heavy atom. The van der Waals surface area contributed by atoms with Crippen molar-refractivity contribution in [2.24, 2.45) is 10.7 Å². The van der Waals surface area contributed by atoms with E-state index in [1.165, 1.54) is 0 Å². The molecule has 0 radical (unpaired) electrons. The van der Waals surface area contributed by atoms with Gasteiger partial charge in [0, 0.05) is 17.6 Å². The fraction of sp³-hybridized carbons (Fsp3) is 0.300. The highest BCUT2D eigenvalue weighted by Crippen LogP contribution is 2.08. The number of hydrogen-bond donors (Lipinski definition) is 1. The predicted molar refractivity (Wildman–Crippen MR) is 59.4 cm³/mol. The van der Waals surface area contributed by atoms with Crippen LogP contribution in [0.15, 0.2) is 29.3 Å². The maximum Gasteiger partial charge on any atom is 0.125 e. The smallest absolute Gasteiger partial charge is 0.125 e. The number of nitrogens with two attached hydrogens (primary N) is 1. The van der Waals surface area contributed by atoms with E-state index in [1.807, 2.05) is 26.0 Å². The Kier molecular flexibility index (Phi) is 5.98. The Balaban J connectivity index is 0.000000671. The summed E-state index contributed by atoms with van der Waals surface area (Å²) in [6.45, 7) is 4.00. The molecule has 0 aromatic heterocycles. The molecule has 0 heterocycles. The van der Waals surface area contributed by atoms with E-state index in [1.54, 1.807) is 19.2 Å². The van der Waals surface area contributed by atoms with Gasteiger partial charge in [-0.15, -0.1) is 0 Å². The largest absolute Gasteiger partial charge is 0.384 e. The topological polar surface area (TPSA) is 38.4 Å². The Morgan fingerprint density at radius 3 is 2.08 bits per heavy atom. The highest BCUT2D eigenvalue weighted by molar-refractivity contribution is 6.30. The van der Waals surface area contributed by atoms with Crippen LogP contribution in [0.4, 0.5) is 0 Å². The third kappa shape index (κ3) is 3.95. The molecule has 13 heavy (non-hydrogen) atoms. The van der Waals surface area contributed by atoms with Crippen LogP contribution in [0.1, 0.15) is 19.4 Å². The summed E-state index contributed by atoms with van der Waals surface area (Å²) in [5, 5.41) is 0.706. The standard InChI is InChI=1S/C8H9ClN2.C2H6/c1-11-8(10)6-2-4-7(9)5-3-6;1-2/h2-5H,1H3,(H2,10,11);1-2H3.